The van der Waals surface area contributed by atoms with Gasteiger partial charge in [-0.05, 0) is 37.0 Å². The lowest BCUT2D eigenvalue weighted by molar-refractivity contribution is -0.134. The second-order valence-corrected chi connectivity index (χ2v) is 10.5. The lowest BCUT2D eigenvalue weighted by Crippen LogP contribution is -2.53. The minimum Gasteiger partial charge on any atom is -0.361 e. The third-order valence-corrected chi connectivity index (χ3v) is 8.26. The van der Waals surface area contributed by atoms with Crippen molar-refractivity contribution in [3.63, 3.8) is 0 Å². The first-order chi connectivity index (χ1) is 18.2. The number of fused-ring (bicyclic) bond motifs is 1. The average molecular weight is 558 g/mol. The molecule has 1 atom stereocenters. The second-order valence-electron chi connectivity index (χ2n) is 9.69. The van der Waals surface area contributed by atoms with Crippen molar-refractivity contribution >= 4 is 34.8 Å². The molecule has 3 aromatic rings. The van der Waals surface area contributed by atoms with Gasteiger partial charge < -0.3 is 15.3 Å². The van der Waals surface area contributed by atoms with Gasteiger partial charge in [0.05, 0.1) is 15.6 Å². The van der Waals surface area contributed by atoms with Gasteiger partial charge in [0.25, 0.3) is 5.56 Å². The van der Waals surface area contributed by atoms with Crippen LogP contribution in [0, 0.1) is 0 Å². The molecule has 0 aliphatic carbocycles. The fourth-order valence-electron chi connectivity index (χ4n) is 5.28. The lowest BCUT2D eigenvalue weighted by atomic mass is 10.0. The molecule has 0 saturated carbocycles. The summed E-state index contributed by atoms with van der Waals surface area (Å²) in [6.07, 6.45) is 2.81. The Morgan fingerprint density at radius 3 is 2.53 bits per heavy atom. The largest absolute Gasteiger partial charge is 0.361 e. The molecule has 5 rings (SSSR count). The number of likely N-dealkylation sites (tertiary alicyclic amines) is 1. The molecule has 200 valence electrons. The molecule has 1 unspecified atom stereocenters. The quantitative estimate of drug-likeness (QED) is 0.511. The van der Waals surface area contributed by atoms with Crippen LogP contribution in [0.2, 0.25) is 10.0 Å². The number of amides is 1. The molecule has 1 saturated heterocycles. The summed E-state index contributed by atoms with van der Waals surface area (Å²) in [5.41, 5.74) is 1.59. The van der Waals surface area contributed by atoms with Crippen molar-refractivity contribution in [2.45, 2.75) is 38.2 Å². The Hall–Kier alpha value is -3.11. The van der Waals surface area contributed by atoms with Crippen LogP contribution < -0.4 is 16.6 Å². The van der Waals surface area contributed by atoms with Crippen LogP contribution in [0.25, 0.3) is 11.1 Å². The number of hydrogen-bond donors (Lipinski definition) is 2. The number of nitrogens with one attached hydrogen (secondary N) is 1. The van der Waals surface area contributed by atoms with Crippen molar-refractivity contribution in [3.8, 4) is 11.1 Å². The van der Waals surface area contributed by atoms with E-state index in [2.05, 4.69) is 16.3 Å². The van der Waals surface area contributed by atoms with Gasteiger partial charge in [-0.3, -0.25) is 23.6 Å². The number of hydrogen-bond acceptors (Lipinski definition) is 6. The fraction of sp³-hybridized carbons (Fsp3) is 0.370. The highest BCUT2D eigenvalue weighted by atomic mass is 35.5. The number of benzene rings is 2. The van der Waals surface area contributed by atoms with Crippen LogP contribution in [-0.2, 0) is 24.8 Å². The highest BCUT2D eigenvalue weighted by Gasteiger charge is 2.32. The van der Waals surface area contributed by atoms with Gasteiger partial charge in [0.15, 0.2) is 6.35 Å². The predicted octanol–water partition coefficient (Wildman–Crippen LogP) is 2.76. The van der Waals surface area contributed by atoms with Gasteiger partial charge in [-0.2, -0.15) is 0 Å². The van der Waals surface area contributed by atoms with Gasteiger partial charge in [-0.15, -0.1) is 0 Å². The smallest absolute Gasteiger partial charge is 0.331 e. The van der Waals surface area contributed by atoms with Crippen LogP contribution >= 0.6 is 23.2 Å². The van der Waals surface area contributed by atoms with E-state index in [0.29, 0.717) is 38.0 Å². The third kappa shape index (κ3) is 5.11. The fourth-order valence-corrected chi connectivity index (χ4v) is 5.69. The molecule has 1 aromatic heterocycles. The number of nitrogens with zero attached hydrogens (tertiary/aromatic N) is 4. The highest BCUT2D eigenvalue weighted by Crippen LogP contribution is 2.31. The monoisotopic (exact) mass is 557 g/mol. The topological polar surface area (TPSA) is 99.8 Å². The standard InChI is InChI=1S/C27H29Cl2N5O4/c1-31-25(36)20(19-6-4-7-21(28)24(19)29)15-33(27(31)38)16-23(35)32-12-10-18(11-13-32)34-14-9-17-5-2-3-8-22(17)30-26(34)37/h2-8,15,18,26,30,37H,9-14,16H2,1H3. The van der Waals surface area contributed by atoms with Crippen molar-refractivity contribution in [2.75, 3.05) is 25.0 Å². The molecule has 0 radical (unpaired) electrons. The SMILES string of the molecule is Cn1c(=O)c(-c2cccc(Cl)c2Cl)cn(CC(=O)N2CCC(N3CCc4ccccc4NC3O)CC2)c1=O. The van der Waals surface area contributed by atoms with Crippen LogP contribution in [-0.4, -0.2) is 62.0 Å². The van der Waals surface area contributed by atoms with Gasteiger partial charge >= 0.3 is 5.69 Å². The summed E-state index contributed by atoms with van der Waals surface area (Å²) >= 11 is 12.5. The molecule has 11 heteroatoms. The Morgan fingerprint density at radius 1 is 1.03 bits per heavy atom. The molecule has 0 spiro atoms. The Balaban J connectivity index is 1.28. The minimum absolute atomic E-state index is 0.118. The zero-order valence-corrected chi connectivity index (χ0v) is 22.5. The molecule has 2 aliphatic heterocycles. The maximum atomic E-state index is 13.2. The Bertz CT molecular complexity index is 1480. The maximum absolute atomic E-state index is 13.2. The maximum Gasteiger partial charge on any atom is 0.331 e. The number of carbonyl (C=O) groups excluding carboxylic acids is 1. The number of para-hydroxylation sites is 1. The zero-order valence-electron chi connectivity index (χ0n) is 20.9. The predicted molar refractivity (Wildman–Crippen MR) is 147 cm³/mol. The Labute approximate surface area is 229 Å². The number of anilines is 1. The van der Waals surface area contributed by atoms with E-state index in [9.17, 15) is 19.5 Å². The van der Waals surface area contributed by atoms with E-state index in [-0.39, 0.29) is 34.1 Å². The first-order valence-corrected chi connectivity index (χ1v) is 13.3. The van der Waals surface area contributed by atoms with Crippen LogP contribution in [0.15, 0.2) is 58.3 Å². The zero-order chi connectivity index (χ0) is 27.0. The van der Waals surface area contributed by atoms with E-state index in [1.165, 1.54) is 23.4 Å². The van der Waals surface area contributed by atoms with Crippen molar-refractivity contribution in [1.29, 1.82) is 0 Å². The number of rotatable bonds is 4. The number of aliphatic hydroxyl groups excluding tert-OH is 1. The van der Waals surface area contributed by atoms with E-state index >= 15 is 0 Å². The summed E-state index contributed by atoms with van der Waals surface area (Å²) in [4.78, 5) is 42.6. The summed E-state index contributed by atoms with van der Waals surface area (Å²) in [7, 11) is 1.37. The summed E-state index contributed by atoms with van der Waals surface area (Å²) < 4.78 is 2.21. The number of halogens is 2. The van der Waals surface area contributed by atoms with E-state index in [1.54, 1.807) is 23.1 Å². The molecule has 1 amide bonds. The molecule has 2 aliphatic rings. The van der Waals surface area contributed by atoms with Crippen LogP contribution in [0.1, 0.15) is 18.4 Å². The summed E-state index contributed by atoms with van der Waals surface area (Å²) in [5.74, 6) is -0.214. The molecular formula is C27H29Cl2N5O4. The molecule has 3 heterocycles. The molecule has 2 N–H and O–H groups in total. The number of piperidine rings is 1. The van der Waals surface area contributed by atoms with Gasteiger partial charge in [0.1, 0.15) is 6.54 Å². The van der Waals surface area contributed by atoms with E-state index in [4.69, 9.17) is 23.2 Å². The normalized spacial score (nSPS) is 18.5. The first-order valence-electron chi connectivity index (χ1n) is 12.6. The van der Waals surface area contributed by atoms with Crippen molar-refractivity contribution in [2.24, 2.45) is 7.05 Å². The summed E-state index contributed by atoms with van der Waals surface area (Å²) in [5, 5.41) is 14.5. The van der Waals surface area contributed by atoms with Crippen molar-refractivity contribution < 1.29 is 9.90 Å². The Morgan fingerprint density at radius 2 is 1.76 bits per heavy atom. The molecule has 1 fully saturated rings. The van der Waals surface area contributed by atoms with Crippen molar-refractivity contribution in [3.05, 3.63) is 85.1 Å². The van der Waals surface area contributed by atoms with Crippen LogP contribution in [0.3, 0.4) is 0 Å². The second kappa shape index (κ2) is 10.9. The average Bonchev–Trinajstić information content (AvgIpc) is 3.09. The number of carbonyl (C=O) groups is 1. The van der Waals surface area contributed by atoms with Gasteiger partial charge in [0, 0.05) is 50.2 Å². The molecule has 38 heavy (non-hydrogen) atoms. The third-order valence-electron chi connectivity index (χ3n) is 7.44. The van der Waals surface area contributed by atoms with Crippen LogP contribution in [0.4, 0.5) is 5.69 Å². The number of aliphatic hydroxyl groups is 1. The van der Waals surface area contributed by atoms with Crippen LogP contribution in [0.5, 0.6) is 0 Å². The summed E-state index contributed by atoms with van der Waals surface area (Å²) in [6.45, 7) is 1.53. The van der Waals surface area contributed by atoms with Gasteiger partial charge in [-0.25, -0.2) is 4.79 Å². The molecule has 9 nitrogen and oxygen atoms in total. The van der Waals surface area contributed by atoms with E-state index < -0.39 is 17.6 Å². The Kier molecular flexibility index (Phi) is 7.63. The van der Waals surface area contributed by atoms with Gasteiger partial charge in [0.2, 0.25) is 5.91 Å². The summed E-state index contributed by atoms with van der Waals surface area (Å²) in [6, 6.07) is 13.0. The minimum atomic E-state index is -0.799. The van der Waals surface area contributed by atoms with E-state index in [1.807, 2.05) is 18.2 Å². The first kappa shape index (κ1) is 26.5. The van der Waals surface area contributed by atoms with Crippen molar-refractivity contribution in [1.82, 2.24) is 18.9 Å². The number of aromatic nitrogens is 2. The van der Waals surface area contributed by atoms with Gasteiger partial charge in [-0.1, -0.05) is 53.5 Å². The van der Waals surface area contributed by atoms with E-state index in [0.717, 1.165) is 16.7 Å². The molecule has 0 bridgehead atoms. The highest BCUT2D eigenvalue weighted by molar-refractivity contribution is 6.43. The molecule has 2 aromatic carbocycles. The lowest BCUT2D eigenvalue weighted by Gasteiger charge is -2.40. The molecular weight excluding hydrogens is 529 g/mol.